The van der Waals surface area contributed by atoms with Gasteiger partial charge in [0.1, 0.15) is 11.6 Å². The maximum absolute atomic E-state index is 11.7. The first-order chi connectivity index (χ1) is 8.94. The molecule has 0 saturated heterocycles. The van der Waals surface area contributed by atoms with Gasteiger partial charge in [0, 0.05) is 0 Å². The zero-order valence-electron chi connectivity index (χ0n) is 12.6. The Morgan fingerprint density at radius 1 is 1.25 bits per heavy atom. The number of nitrogens with two attached hydrogens (primary N) is 1. The average molecular weight is 288 g/mol. The molecule has 0 aliphatic carbocycles. The largest absolute Gasteiger partial charge is 0.480 e. The van der Waals surface area contributed by atoms with Crippen molar-refractivity contribution in [1.29, 1.82) is 0 Å². The topological polar surface area (TPSA) is 119 Å². The van der Waals surface area contributed by atoms with E-state index in [1.54, 1.807) is 34.6 Å². The molecule has 0 aromatic carbocycles. The quantitative estimate of drug-likeness (QED) is 0.604. The number of esters is 1. The van der Waals surface area contributed by atoms with Gasteiger partial charge in [-0.3, -0.25) is 9.59 Å². The summed E-state index contributed by atoms with van der Waals surface area (Å²) in [5, 5.41) is 11.3. The fourth-order valence-corrected chi connectivity index (χ4v) is 1.32. The molecular formula is C13H24N2O5. The van der Waals surface area contributed by atoms with Crippen molar-refractivity contribution < 1.29 is 24.2 Å². The molecule has 116 valence electrons. The van der Waals surface area contributed by atoms with Gasteiger partial charge in [0.15, 0.2) is 0 Å². The van der Waals surface area contributed by atoms with Crippen molar-refractivity contribution in [3.05, 3.63) is 0 Å². The number of carbonyl (C=O) groups excluding carboxylic acids is 2. The number of ether oxygens (including phenoxy) is 1. The first kappa shape index (κ1) is 18.4. The highest BCUT2D eigenvalue weighted by Gasteiger charge is 2.28. The molecule has 0 spiro atoms. The molecule has 0 fully saturated rings. The minimum Gasteiger partial charge on any atom is -0.480 e. The van der Waals surface area contributed by atoms with E-state index in [0.717, 1.165) is 0 Å². The predicted octanol–water partition coefficient (Wildman–Crippen LogP) is 0.271. The summed E-state index contributed by atoms with van der Waals surface area (Å²) in [6.07, 6.45) is -0.441. The van der Waals surface area contributed by atoms with Gasteiger partial charge in [-0.25, -0.2) is 4.79 Å². The van der Waals surface area contributed by atoms with E-state index in [1.165, 1.54) is 0 Å². The molecule has 0 radical (unpaired) electrons. The van der Waals surface area contributed by atoms with Crippen molar-refractivity contribution in [3.63, 3.8) is 0 Å². The molecule has 0 bridgehead atoms. The lowest BCUT2D eigenvalue weighted by Gasteiger charge is -2.22. The number of amides is 1. The Hall–Kier alpha value is -1.63. The van der Waals surface area contributed by atoms with E-state index < -0.39 is 42.0 Å². The van der Waals surface area contributed by atoms with Crippen LogP contribution in [-0.4, -0.2) is 40.6 Å². The average Bonchev–Trinajstić information content (AvgIpc) is 2.23. The van der Waals surface area contributed by atoms with E-state index in [2.05, 4.69) is 5.32 Å². The standard InChI is InChI=1S/C13H24N2O5/c1-7(2)10(14)11(17)15-8(12(18)19)6-9(16)20-13(3,4)5/h7-8,10H,6,14H2,1-5H3,(H,15,17)(H,18,19)/t8-,10-/m0/s1. The van der Waals surface area contributed by atoms with Gasteiger partial charge < -0.3 is 20.9 Å². The Kier molecular flexibility index (Phi) is 6.64. The van der Waals surface area contributed by atoms with E-state index in [0.29, 0.717) is 0 Å². The van der Waals surface area contributed by atoms with E-state index in [1.807, 2.05) is 0 Å². The van der Waals surface area contributed by atoms with Crippen LogP contribution in [0.4, 0.5) is 0 Å². The minimum absolute atomic E-state index is 0.133. The second-order valence-electron chi connectivity index (χ2n) is 5.96. The molecule has 0 aromatic rings. The molecule has 0 aliphatic rings. The summed E-state index contributed by atoms with van der Waals surface area (Å²) in [4.78, 5) is 34.4. The zero-order chi connectivity index (χ0) is 16.1. The van der Waals surface area contributed by atoms with Gasteiger partial charge in [-0.1, -0.05) is 13.8 Å². The molecule has 0 rings (SSSR count). The van der Waals surface area contributed by atoms with Gasteiger partial charge >= 0.3 is 11.9 Å². The number of aliphatic carboxylic acids is 1. The summed E-state index contributed by atoms with van der Waals surface area (Å²) < 4.78 is 5.02. The van der Waals surface area contributed by atoms with Crippen LogP contribution in [0.3, 0.4) is 0 Å². The first-order valence-electron chi connectivity index (χ1n) is 6.44. The molecule has 0 unspecified atom stereocenters. The molecule has 7 heteroatoms. The van der Waals surface area contributed by atoms with E-state index in [-0.39, 0.29) is 5.92 Å². The van der Waals surface area contributed by atoms with Crippen LogP contribution >= 0.6 is 0 Å². The molecule has 7 nitrogen and oxygen atoms in total. The molecule has 1 amide bonds. The third kappa shape index (κ3) is 7.08. The van der Waals surface area contributed by atoms with Crippen molar-refractivity contribution in [2.45, 2.75) is 58.7 Å². The third-order valence-corrected chi connectivity index (χ3v) is 2.43. The van der Waals surface area contributed by atoms with Crippen molar-refractivity contribution in [2.75, 3.05) is 0 Å². The number of carboxylic acid groups (broad SMARTS) is 1. The number of hydrogen-bond donors (Lipinski definition) is 3. The zero-order valence-corrected chi connectivity index (χ0v) is 12.6. The Morgan fingerprint density at radius 3 is 2.10 bits per heavy atom. The summed E-state index contributed by atoms with van der Waals surface area (Å²) in [5.41, 5.74) is 4.91. The summed E-state index contributed by atoms with van der Waals surface area (Å²) in [6.45, 7) is 8.51. The Balaban J connectivity index is 4.64. The normalized spacial score (nSPS) is 14.6. The van der Waals surface area contributed by atoms with E-state index in [9.17, 15) is 14.4 Å². The fourth-order valence-electron chi connectivity index (χ4n) is 1.32. The second kappa shape index (κ2) is 7.23. The van der Waals surface area contributed by atoms with Crippen LogP contribution in [-0.2, 0) is 19.1 Å². The molecule has 2 atom stereocenters. The van der Waals surface area contributed by atoms with Crippen LogP contribution in [0.15, 0.2) is 0 Å². The highest BCUT2D eigenvalue weighted by Crippen LogP contribution is 2.10. The predicted molar refractivity (Wildman–Crippen MR) is 72.8 cm³/mol. The van der Waals surface area contributed by atoms with E-state index >= 15 is 0 Å². The van der Waals surface area contributed by atoms with Gasteiger partial charge in [-0.15, -0.1) is 0 Å². The summed E-state index contributed by atoms with van der Waals surface area (Å²) >= 11 is 0. The van der Waals surface area contributed by atoms with Crippen LogP contribution in [0.5, 0.6) is 0 Å². The fraction of sp³-hybridized carbons (Fsp3) is 0.769. The molecule has 20 heavy (non-hydrogen) atoms. The van der Waals surface area contributed by atoms with Crippen LogP contribution in [0, 0.1) is 5.92 Å². The van der Waals surface area contributed by atoms with Crippen LogP contribution in [0.2, 0.25) is 0 Å². The lowest BCUT2D eigenvalue weighted by molar-refractivity contribution is -0.158. The number of nitrogens with one attached hydrogen (secondary N) is 1. The smallest absolute Gasteiger partial charge is 0.326 e. The molecular weight excluding hydrogens is 264 g/mol. The van der Waals surface area contributed by atoms with Crippen LogP contribution in [0.25, 0.3) is 0 Å². The summed E-state index contributed by atoms with van der Waals surface area (Å²) in [7, 11) is 0. The molecule has 0 heterocycles. The lowest BCUT2D eigenvalue weighted by Crippen LogP contribution is -2.51. The number of carboxylic acids is 1. The van der Waals surface area contributed by atoms with Gasteiger partial charge in [-0.2, -0.15) is 0 Å². The maximum Gasteiger partial charge on any atom is 0.326 e. The SMILES string of the molecule is CC(C)[C@H](N)C(=O)N[C@@H](CC(=O)OC(C)(C)C)C(=O)O. The van der Waals surface area contributed by atoms with Crippen molar-refractivity contribution in [3.8, 4) is 0 Å². The number of hydrogen-bond acceptors (Lipinski definition) is 5. The molecule has 0 aromatic heterocycles. The van der Waals surface area contributed by atoms with Crippen molar-refractivity contribution >= 4 is 17.8 Å². The van der Waals surface area contributed by atoms with Gasteiger partial charge in [0.2, 0.25) is 5.91 Å². The third-order valence-electron chi connectivity index (χ3n) is 2.43. The Bertz CT molecular complexity index is 373. The van der Waals surface area contributed by atoms with Crippen molar-refractivity contribution in [2.24, 2.45) is 11.7 Å². The molecule has 0 saturated carbocycles. The van der Waals surface area contributed by atoms with Crippen LogP contribution < -0.4 is 11.1 Å². The van der Waals surface area contributed by atoms with Crippen LogP contribution in [0.1, 0.15) is 41.0 Å². The lowest BCUT2D eigenvalue weighted by atomic mass is 10.0. The van der Waals surface area contributed by atoms with Gasteiger partial charge in [-0.05, 0) is 26.7 Å². The highest BCUT2D eigenvalue weighted by molar-refractivity contribution is 5.89. The van der Waals surface area contributed by atoms with E-state index in [4.69, 9.17) is 15.6 Å². The molecule has 0 aliphatic heterocycles. The summed E-state index contributed by atoms with van der Waals surface area (Å²) in [5.74, 6) is -2.73. The maximum atomic E-state index is 11.7. The van der Waals surface area contributed by atoms with Crippen molar-refractivity contribution in [1.82, 2.24) is 5.32 Å². The first-order valence-corrected chi connectivity index (χ1v) is 6.44. The number of rotatable bonds is 6. The highest BCUT2D eigenvalue weighted by atomic mass is 16.6. The minimum atomic E-state index is -1.35. The van der Waals surface area contributed by atoms with Gasteiger partial charge in [0.05, 0.1) is 12.5 Å². The van der Waals surface area contributed by atoms with Gasteiger partial charge in [0.25, 0.3) is 0 Å². The second-order valence-corrected chi connectivity index (χ2v) is 5.96. The Labute approximate surface area is 118 Å². The molecule has 4 N–H and O–H groups in total. The number of carbonyl (C=O) groups is 3. The summed E-state index contributed by atoms with van der Waals surface area (Å²) in [6, 6.07) is -2.17. The Morgan fingerprint density at radius 2 is 1.75 bits per heavy atom. The monoisotopic (exact) mass is 288 g/mol.